The lowest BCUT2D eigenvalue weighted by atomic mass is 9.88. The average molecular weight is 249 g/mol. The highest BCUT2D eigenvalue weighted by Crippen LogP contribution is 2.28. The summed E-state index contributed by atoms with van der Waals surface area (Å²) in [6.07, 6.45) is 2.75. The molecule has 0 amide bonds. The van der Waals surface area contributed by atoms with Crippen LogP contribution in [0.4, 0.5) is 0 Å². The highest BCUT2D eigenvalue weighted by atomic mass is 32.2. The summed E-state index contributed by atoms with van der Waals surface area (Å²) in [4.78, 5) is 0. The number of ether oxygens (including phenoxy) is 1. The summed E-state index contributed by atoms with van der Waals surface area (Å²) in [5.74, 6) is 1.30. The standard InChI is InChI=1S/C11H23NO3S/c1-2-15-6-3-4-10(8-12)11-5-7-16(13,14)9-11/h10-11H,2-9,12H2,1H3. The molecule has 0 aromatic rings. The van der Waals surface area contributed by atoms with Crippen LogP contribution >= 0.6 is 0 Å². The van der Waals surface area contributed by atoms with Crippen molar-refractivity contribution < 1.29 is 13.2 Å². The summed E-state index contributed by atoms with van der Waals surface area (Å²) in [6.45, 7) is 4.06. The third-order valence-corrected chi connectivity index (χ3v) is 5.10. The predicted molar refractivity (Wildman–Crippen MR) is 65.0 cm³/mol. The Kier molecular flexibility index (Phi) is 5.72. The SMILES string of the molecule is CCOCCCC(CN)C1CCS(=O)(=O)C1. The van der Waals surface area contributed by atoms with E-state index >= 15 is 0 Å². The van der Waals surface area contributed by atoms with Gasteiger partial charge < -0.3 is 10.5 Å². The van der Waals surface area contributed by atoms with Crippen LogP contribution < -0.4 is 5.73 Å². The van der Waals surface area contributed by atoms with E-state index in [1.165, 1.54) is 0 Å². The Labute approximate surface area is 98.5 Å². The lowest BCUT2D eigenvalue weighted by molar-refractivity contribution is 0.136. The first kappa shape index (κ1) is 13.9. The van der Waals surface area contributed by atoms with Crippen LogP contribution in [0.5, 0.6) is 0 Å². The quantitative estimate of drug-likeness (QED) is 0.678. The molecule has 0 bridgehead atoms. The van der Waals surface area contributed by atoms with Gasteiger partial charge in [0.2, 0.25) is 0 Å². The number of sulfone groups is 1. The molecule has 0 spiro atoms. The maximum Gasteiger partial charge on any atom is 0.150 e. The summed E-state index contributed by atoms with van der Waals surface area (Å²) < 4.78 is 28.0. The van der Waals surface area contributed by atoms with Crippen LogP contribution in [0.3, 0.4) is 0 Å². The Morgan fingerprint density at radius 3 is 2.75 bits per heavy atom. The van der Waals surface area contributed by atoms with Gasteiger partial charge in [-0.2, -0.15) is 0 Å². The van der Waals surface area contributed by atoms with Crippen molar-refractivity contribution in [2.75, 3.05) is 31.3 Å². The zero-order valence-corrected chi connectivity index (χ0v) is 10.8. The van der Waals surface area contributed by atoms with Gasteiger partial charge in [0.05, 0.1) is 11.5 Å². The Bertz CT molecular complexity index is 290. The predicted octanol–water partition coefficient (Wildman–Crippen LogP) is 0.813. The van der Waals surface area contributed by atoms with E-state index in [-0.39, 0.29) is 5.92 Å². The van der Waals surface area contributed by atoms with Crippen LogP contribution in [-0.4, -0.2) is 39.7 Å². The topological polar surface area (TPSA) is 69.4 Å². The minimum Gasteiger partial charge on any atom is -0.382 e. The third kappa shape index (κ3) is 4.39. The number of hydrogen-bond donors (Lipinski definition) is 1. The van der Waals surface area contributed by atoms with Gasteiger partial charge in [0.25, 0.3) is 0 Å². The van der Waals surface area contributed by atoms with Crippen LogP contribution in [0.25, 0.3) is 0 Å². The molecule has 0 radical (unpaired) electrons. The molecule has 0 aromatic heterocycles. The Balaban J connectivity index is 2.31. The fourth-order valence-corrected chi connectivity index (χ4v) is 4.25. The molecule has 1 heterocycles. The molecule has 0 saturated carbocycles. The van der Waals surface area contributed by atoms with Crippen molar-refractivity contribution >= 4 is 9.84 Å². The van der Waals surface area contributed by atoms with Crippen molar-refractivity contribution in [3.8, 4) is 0 Å². The summed E-state index contributed by atoms with van der Waals surface area (Å²) in [7, 11) is -2.77. The van der Waals surface area contributed by atoms with Gasteiger partial charge in [-0.1, -0.05) is 0 Å². The van der Waals surface area contributed by atoms with E-state index in [9.17, 15) is 8.42 Å². The average Bonchev–Trinajstić information content (AvgIpc) is 2.59. The van der Waals surface area contributed by atoms with E-state index in [4.69, 9.17) is 10.5 Å². The Morgan fingerprint density at radius 2 is 2.25 bits per heavy atom. The molecule has 1 aliphatic heterocycles. The molecular formula is C11H23NO3S. The molecule has 2 N–H and O–H groups in total. The van der Waals surface area contributed by atoms with Crippen LogP contribution in [0.15, 0.2) is 0 Å². The minimum atomic E-state index is -2.77. The normalized spacial score (nSPS) is 25.8. The van der Waals surface area contributed by atoms with Crippen LogP contribution in [0.2, 0.25) is 0 Å². The van der Waals surface area contributed by atoms with Crippen LogP contribution in [0, 0.1) is 11.8 Å². The maximum absolute atomic E-state index is 11.4. The van der Waals surface area contributed by atoms with Gasteiger partial charge >= 0.3 is 0 Å². The first-order chi connectivity index (χ1) is 7.59. The van der Waals surface area contributed by atoms with Gasteiger partial charge in [-0.3, -0.25) is 0 Å². The number of nitrogens with two attached hydrogens (primary N) is 1. The molecule has 0 aromatic carbocycles. The molecule has 96 valence electrons. The molecule has 2 unspecified atom stereocenters. The van der Waals surface area contributed by atoms with E-state index < -0.39 is 9.84 Å². The van der Waals surface area contributed by atoms with Crippen molar-refractivity contribution in [1.29, 1.82) is 0 Å². The van der Waals surface area contributed by atoms with Gasteiger partial charge in [0.1, 0.15) is 0 Å². The van der Waals surface area contributed by atoms with Crippen molar-refractivity contribution in [2.45, 2.75) is 26.2 Å². The van der Waals surface area contributed by atoms with Crippen molar-refractivity contribution in [2.24, 2.45) is 17.6 Å². The smallest absolute Gasteiger partial charge is 0.150 e. The number of rotatable bonds is 7. The molecule has 0 aliphatic carbocycles. The first-order valence-corrected chi connectivity index (χ1v) is 7.89. The molecule has 1 fully saturated rings. The molecule has 5 heteroatoms. The molecule has 1 aliphatic rings. The second-order valence-corrected chi connectivity index (χ2v) is 6.73. The largest absolute Gasteiger partial charge is 0.382 e. The van der Waals surface area contributed by atoms with E-state index in [0.29, 0.717) is 24.0 Å². The van der Waals surface area contributed by atoms with Crippen LogP contribution in [0.1, 0.15) is 26.2 Å². The molecule has 1 rings (SSSR count). The highest BCUT2D eigenvalue weighted by Gasteiger charge is 2.32. The monoisotopic (exact) mass is 249 g/mol. The van der Waals surface area contributed by atoms with Gasteiger partial charge in [-0.25, -0.2) is 8.42 Å². The minimum absolute atomic E-state index is 0.275. The zero-order valence-electron chi connectivity index (χ0n) is 10.0. The second kappa shape index (κ2) is 6.57. The van der Waals surface area contributed by atoms with Gasteiger partial charge in [0.15, 0.2) is 9.84 Å². The molecule has 16 heavy (non-hydrogen) atoms. The van der Waals surface area contributed by atoms with Gasteiger partial charge in [0, 0.05) is 13.2 Å². The van der Waals surface area contributed by atoms with Crippen molar-refractivity contribution in [3.63, 3.8) is 0 Å². The Morgan fingerprint density at radius 1 is 1.50 bits per heavy atom. The van der Waals surface area contributed by atoms with Crippen LogP contribution in [-0.2, 0) is 14.6 Å². The van der Waals surface area contributed by atoms with Gasteiger partial charge in [-0.15, -0.1) is 0 Å². The molecule has 1 saturated heterocycles. The van der Waals surface area contributed by atoms with E-state index in [1.54, 1.807) is 0 Å². The summed E-state index contributed by atoms with van der Waals surface area (Å²) >= 11 is 0. The van der Waals surface area contributed by atoms with Gasteiger partial charge in [-0.05, 0) is 44.6 Å². The molecule has 2 atom stereocenters. The summed E-state index contributed by atoms with van der Waals surface area (Å²) in [6, 6.07) is 0. The fraction of sp³-hybridized carbons (Fsp3) is 1.00. The third-order valence-electron chi connectivity index (χ3n) is 3.30. The lowest BCUT2D eigenvalue weighted by Gasteiger charge is -2.20. The number of hydrogen-bond acceptors (Lipinski definition) is 4. The molecular weight excluding hydrogens is 226 g/mol. The summed E-state index contributed by atoms with van der Waals surface area (Å²) in [5.41, 5.74) is 5.72. The highest BCUT2D eigenvalue weighted by molar-refractivity contribution is 7.91. The van der Waals surface area contributed by atoms with Crippen molar-refractivity contribution in [1.82, 2.24) is 0 Å². The van der Waals surface area contributed by atoms with E-state index in [1.807, 2.05) is 6.92 Å². The lowest BCUT2D eigenvalue weighted by Crippen LogP contribution is -2.25. The van der Waals surface area contributed by atoms with E-state index in [2.05, 4.69) is 0 Å². The summed E-state index contributed by atoms with van der Waals surface area (Å²) in [5, 5.41) is 0. The maximum atomic E-state index is 11.4. The second-order valence-electron chi connectivity index (χ2n) is 4.50. The van der Waals surface area contributed by atoms with E-state index in [0.717, 1.165) is 32.5 Å². The van der Waals surface area contributed by atoms with Crippen molar-refractivity contribution in [3.05, 3.63) is 0 Å². The molecule has 4 nitrogen and oxygen atoms in total. The zero-order chi connectivity index (χ0) is 12.0. The first-order valence-electron chi connectivity index (χ1n) is 6.07. The Hall–Kier alpha value is -0.130. The fourth-order valence-electron chi connectivity index (χ4n) is 2.33.